The zero-order valence-corrected chi connectivity index (χ0v) is 70.1. The topological polar surface area (TPSA) is 91.4 Å². The second-order valence-electron chi connectivity index (χ2n) is 12.3. The Hall–Kier alpha value is 3.63. The molecule has 0 unspecified atom stereocenters. The molecule has 579 valence electrons. The molecular weight excluding hydrogens is 2050 g/mol. The van der Waals surface area contributed by atoms with Crippen molar-refractivity contribution >= 4 is 27.8 Å². The van der Waals surface area contributed by atoms with Crippen LogP contribution in [0.4, 0.5) is 176 Å². The first-order valence-electron chi connectivity index (χ1n) is 20.1. The maximum atomic E-state index is 12.0. The van der Waals surface area contributed by atoms with Crippen LogP contribution in [-0.2, 0) is 269 Å². The molecule has 1 aromatic carbocycles. The van der Waals surface area contributed by atoms with Gasteiger partial charge in [0.15, 0.2) is 67.1 Å². The molecule has 0 aromatic heterocycles. The van der Waals surface area contributed by atoms with Crippen LogP contribution in [0.5, 0.6) is 0 Å². The van der Waals surface area contributed by atoms with Gasteiger partial charge in [0.25, 0.3) is 10.1 Å². The summed E-state index contributed by atoms with van der Waals surface area (Å²) in [4.78, 5) is 9.51. The van der Waals surface area contributed by atoms with Crippen LogP contribution in [0.15, 0.2) is 24.3 Å². The van der Waals surface area contributed by atoms with Crippen molar-refractivity contribution in [2.24, 2.45) is 0 Å². The molecule has 0 saturated carbocycles. The Bertz CT molecular complexity index is 1550. The molecule has 0 heterocycles. The number of hydrogen-bond donors (Lipinski definition) is 0. The predicted molar refractivity (Wildman–Crippen MR) is 241 cm³/mol. The molecule has 97 heavy (non-hydrogen) atoms. The van der Waals surface area contributed by atoms with Gasteiger partial charge in [-0.2, -0.15) is 161 Å². The number of rotatable bonds is 12. The van der Waals surface area contributed by atoms with Crippen LogP contribution in [0.25, 0.3) is 0 Å². The molecular formula is C40H52F40NO7S2Y7-7. The molecule has 0 fully saturated rings. The third-order valence-corrected chi connectivity index (χ3v) is 5.09. The van der Waals surface area contributed by atoms with Crippen molar-refractivity contribution in [3.63, 3.8) is 0 Å². The number of carbonyl (C=O) groups excluding carboxylic acids is 1. The zero-order chi connectivity index (χ0) is 75.7. The molecule has 0 N–H and O–H groups in total. The van der Waals surface area contributed by atoms with Gasteiger partial charge in [-0.15, -0.1) is 12.1 Å². The number of nitrogens with zero attached hydrogens (tertiary/aromatic N) is 1. The fraction of sp³-hybridized carbons (Fsp3) is 0.650. The van der Waals surface area contributed by atoms with Crippen LogP contribution in [-0.4, -0.2) is 174 Å². The molecule has 0 spiro atoms. The van der Waals surface area contributed by atoms with E-state index in [0.29, 0.717) is 13.0 Å². The average molecular weight is 2110 g/mol. The van der Waals surface area contributed by atoms with Gasteiger partial charge in [-0.25, -0.2) is 71.3 Å². The van der Waals surface area contributed by atoms with Crippen molar-refractivity contribution in [2.75, 3.05) is 99.1 Å². The Morgan fingerprint density at radius 1 is 0.474 bits per heavy atom. The molecule has 0 aliphatic rings. The summed E-state index contributed by atoms with van der Waals surface area (Å²) in [6.45, 7) is -14.4. The monoisotopic (exact) mass is 2100 g/mol. The summed E-state index contributed by atoms with van der Waals surface area (Å²) in [5.74, 6) is -5.85. The summed E-state index contributed by atoms with van der Waals surface area (Å²) < 4.78 is 461. The first-order chi connectivity index (χ1) is 40.1. The molecule has 0 amide bonds. The van der Waals surface area contributed by atoms with Crippen molar-refractivity contribution < 1.29 is 436 Å². The van der Waals surface area contributed by atoms with Gasteiger partial charge in [-0.1, -0.05) is 0 Å². The van der Waals surface area contributed by atoms with Crippen LogP contribution in [0, 0.1) is 48.5 Å². The molecule has 57 heteroatoms. The van der Waals surface area contributed by atoms with Crippen LogP contribution in [0.2, 0.25) is 0 Å². The molecule has 8 nitrogen and oxygen atoms in total. The van der Waals surface area contributed by atoms with Crippen LogP contribution in [0.1, 0.15) is 17.5 Å². The summed E-state index contributed by atoms with van der Waals surface area (Å²) >= 11 is 0.940. The van der Waals surface area contributed by atoms with Crippen LogP contribution in [0.3, 0.4) is 0 Å². The van der Waals surface area contributed by atoms with Gasteiger partial charge in [0.1, 0.15) is 12.8 Å². The predicted octanol–water partition coefficient (Wildman–Crippen LogP) is 18.8. The number of benzene rings is 1. The quantitative estimate of drug-likeness (QED) is 0.0667. The second kappa shape index (κ2) is 93.8. The Labute approximate surface area is 711 Å². The molecule has 0 atom stereocenters. The number of hydrogen-bond acceptors (Lipinski definition) is 9. The fourth-order valence-corrected chi connectivity index (χ4v) is 1.34. The third-order valence-electron chi connectivity index (χ3n) is 4.31. The molecule has 1 aromatic rings. The first-order valence-corrected chi connectivity index (χ1v) is 22.8. The molecule has 0 bridgehead atoms. The van der Waals surface area contributed by atoms with Crippen molar-refractivity contribution in [3.8, 4) is 0 Å². The average Bonchev–Trinajstić information content (AvgIpc) is 3.44. The van der Waals surface area contributed by atoms with E-state index in [4.69, 9.17) is 0 Å². The molecule has 1 rings (SSSR count). The van der Waals surface area contributed by atoms with Gasteiger partial charge in [0.2, 0.25) is 6.01 Å². The van der Waals surface area contributed by atoms with E-state index in [-0.39, 0.29) is 247 Å². The Kier molecular flexibility index (Phi) is 149. The summed E-state index contributed by atoms with van der Waals surface area (Å²) in [6, 6.07) is 5.60. The van der Waals surface area contributed by atoms with E-state index in [1.54, 1.807) is 0 Å². The van der Waals surface area contributed by atoms with E-state index in [2.05, 4.69) is 66.9 Å². The standard InChI is InChI=1S/C9H10FO.C5H6F6N.C3H4FO2.C3H6F.7C2H2F4.C2H4FO3S.C2H4FO.C2H4FS.7Y/c1-8-2-4-9(5-3-8)6-11-7-10;1-12(3-6)2-4(7,8)5(9,10)11;1-6-3(5)2-4;1-2-3-4;7*3-1-2(4,5)6;1-6-7(4,5)2-3;2*1-4-2-3;;;;;;;/h2-5H,1,6-7H2;1-3H2;1-2H2;1-3H2;7*1H2;1-2H2;2*1-2H2;;;;;;;/q4*-1;;;;;;;;3*-1;;;;;;;. The van der Waals surface area contributed by atoms with Crippen LogP contribution < -0.4 is 0 Å². The fourth-order valence-electron chi connectivity index (χ4n) is 1.27. The summed E-state index contributed by atoms with van der Waals surface area (Å²) in [6.07, 6.45) is -34.5. The minimum absolute atomic E-state index is 0. The zero-order valence-electron chi connectivity index (χ0n) is 48.6. The van der Waals surface area contributed by atoms with Gasteiger partial charge >= 0.3 is 61.3 Å². The van der Waals surface area contributed by atoms with E-state index >= 15 is 0 Å². The Morgan fingerprint density at radius 2 is 0.701 bits per heavy atom. The summed E-state index contributed by atoms with van der Waals surface area (Å²) in [5, 5.41) is 0. The van der Waals surface area contributed by atoms with Crippen molar-refractivity contribution in [2.45, 2.75) is 68.4 Å². The number of carbonyl (C=O) groups is 1. The summed E-state index contributed by atoms with van der Waals surface area (Å²) in [5.41, 5.74) is 1.92. The second-order valence-corrected chi connectivity index (χ2v) is 14.5. The van der Waals surface area contributed by atoms with Crippen molar-refractivity contribution in [1.82, 2.24) is 4.90 Å². The largest absolute Gasteiger partial charge is 0.638 e. The van der Waals surface area contributed by atoms with Crippen molar-refractivity contribution in [1.29, 1.82) is 0 Å². The van der Waals surface area contributed by atoms with E-state index in [1.807, 2.05) is 24.3 Å². The van der Waals surface area contributed by atoms with Gasteiger partial charge in [-0.3, -0.25) is 22.5 Å². The normalized spacial score (nSPS) is 10.3. The molecule has 7 radical (unpaired) electrons. The van der Waals surface area contributed by atoms with Crippen molar-refractivity contribution in [3.05, 3.63) is 83.9 Å². The van der Waals surface area contributed by atoms with E-state index < -0.39 is 158 Å². The number of esters is 1. The van der Waals surface area contributed by atoms with Gasteiger partial charge in [0.05, 0.1) is 13.3 Å². The molecule has 0 aliphatic carbocycles. The molecule has 0 saturated heterocycles. The maximum absolute atomic E-state index is 12.0. The minimum atomic E-state index is -5.65. The minimum Gasteiger partial charge on any atom is -0.638 e. The summed E-state index contributed by atoms with van der Waals surface area (Å²) in [7, 11) is 6.59. The third kappa shape index (κ3) is 208. The van der Waals surface area contributed by atoms with E-state index in [9.17, 15) is 189 Å². The van der Waals surface area contributed by atoms with E-state index in [0.717, 1.165) is 22.9 Å². The maximum Gasteiger partial charge on any atom is 0.454 e. The SMILES string of the molecule is FCC(F)(F)F.FCC(F)(F)F.FCC(F)(F)F.FCC(F)(F)F.FCC(F)(F)F.FCC(F)(F)F.FCC(F)(F)F.[CH2-]CCF.[CH2-]N(CF)CC(F)(F)C(F)(F)F.[CH2-]OC(=O)CF.[CH2-]OCF.[CH2-]OS(=O)(=O)CF.[CH2-]SCF.[CH2-]c1ccc(COCF)cc1.[Y].[Y].[Y].[Y].[Y].[Y].[Y]. The van der Waals surface area contributed by atoms with Gasteiger partial charge < -0.3 is 42.0 Å². The smallest absolute Gasteiger partial charge is 0.454 e. The van der Waals surface area contributed by atoms with Gasteiger partial charge in [-0.05, 0) is 5.56 Å². The molecule has 0 aliphatic heterocycles. The van der Waals surface area contributed by atoms with E-state index in [1.165, 1.54) is 0 Å². The number of halogens is 40. The van der Waals surface area contributed by atoms with Crippen LogP contribution >= 0.6 is 11.8 Å². The Morgan fingerprint density at radius 3 is 0.794 bits per heavy atom. The number of ether oxygens (including phenoxy) is 3. The first kappa shape index (κ1) is 154. The number of thioether (sulfide) groups is 1. The number of alkyl halides is 40. The Balaban J connectivity index is -0.0000000368. The van der Waals surface area contributed by atoms with Gasteiger partial charge in [0, 0.05) is 236 Å².